The van der Waals surface area contributed by atoms with Gasteiger partial charge in [-0.05, 0) is 42.8 Å². The first-order chi connectivity index (χ1) is 14.2. The molecule has 0 bridgehead atoms. The Hall–Kier alpha value is -3.41. The van der Waals surface area contributed by atoms with Crippen molar-refractivity contribution >= 4 is 5.91 Å². The number of nitrogens with zero attached hydrogens (tertiary/aromatic N) is 1. The van der Waals surface area contributed by atoms with Crippen molar-refractivity contribution in [2.45, 2.75) is 20.1 Å². The highest BCUT2D eigenvalue weighted by Gasteiger charge is 2.22. The minimum absolute atomic E-state index is 0.168. The van der Waals surface area contributed by atoms with Crippen LogP contribution in [0.3, 0.4) is 0 Å². The van der Waals surface area contributed by atoms with Crippen molar-refractivity contribution < 1.29 is 23.4 Å². The van der Waals surface area contributed by atoms with E-state index in [-0.39, 0.29) is 12.5 Å². The Labute approximate surface area is 169 Å². The molecule has 2 heterocycles. The van der Waals surface area contributed by atoms with Crippen LogP contribution in [0, 0.1) is 0 Å². The van der Waals surface area contributed by atoms with E-state index in [1.807, 2.05) is 55.5 Å². The zero-order valence-electron chi connectivity index (χ0n) is 16.3. The molecular formula is C23H23NO5. The summed E-state index contributed by atoms with van der Waals surface area (Å²) in [7, 11) is 0. The number of furan rings is 1. The van der Waals surface area contributed by atoms with E-state index in [9.17, 15) is 4.79 Å². The Kier molecular flexibility index (Phi) is 5.70. The van der Waals surface area contributed by atoms with Gasteiger partial charge in [-0.1, -0.05) is 24.3 Å². The van der Waals surface area contributed by atoms with Crippen molar-refractivity contribution in [1.82, 2.24) is 4.90 Å². The van der Waals surface area contributed by atoms with Crippen LogP contribution >= 0.6 is 0 Å². The molecular weight excluding hydrogens is 370 g/mol. The van der Waals surface area contributed by atoms with Gasteiger partial charge in [-0.25, -0.2) is 0 Å². The fourth-order valence-electron chi connectivity index (χ4n) is 3.19. The minimum Gasteiger partial charge on any atom is -0.489 e. The highest BCUT2D eigenvalue weighted by molar-refractivity contribution is 5.92. The Morgan fingerprint density at radius 3 is 2.62 bits per heavy atom. The summed E-state index contributed by atoms with van der Waals surface area (Å²) in [5.74, 6) is 2.34. The van der Waals surface area contributed by atoms with Gasteiger partial charge < -0.3 is 23.5 Å². The zero-order valence-corrected chi connectivity index (χ0v) is 16.3. The van der Waals surface area contributed by atoms with Crippen LogP contribution < -0.4 is 14.2 Å². The molecule has 0 unspecified atom stereocenters. The topological polar surface area (TPSA) is 61.1 Å². The van der Waals surface area contributed by atoms with Gasteiger partial charge in [-0.2, -0.15) is 0 Å². The van der Waals surface area contributed by atoms with E-state index in [0.29, 0.717) is 37.8 Å². The molecule has 0 spiro atoms. The van der Waals surface area contributed by atoms with E-state index in [4.69, 9.17) is 18.6 Å². The number of fused-ring (bicyclic) bond motifs is 1. The third kappa shape index (κ3) is 4.37. The molecule has 0 N–H and O–H groups in total. The lowest BCUT2D eigenvalue weighted by atomic mass is 10.1. The standard InChI is InChI=1S/C23H23NO5/c1-2-24(15-17-8-9-20-21(14-17)27-13-12-26-20)23(25)22-18(10-11-28-22)16-29-19-6-4-3-5-7-19/h3-11,14H,2,12-13,15-16H2,1H3. The van der Waals surface area contributed by atoms with Gasteiger partial charge in [0.25, 0.3) is 5.91 Å². The van der Waals surface area contributed by atoms with Gasteiger partial charge in [-0.15, -0.1) is 0 Å². The molecule has 6 heteroatoms. The van der Waals surface area contributed by atoms with Crippen molar-refractivity contribution in [1.29, 1.82) is 0 Å². The lowest BCUT2D eigenvalue weighted by Gasteiger charge is -2.23. The second-order valence-corrected chi connectivity index (χ2v) is 6.67. The SMILES string of the molecule is CCN(Cc1ccc2c(c1)OCCO2)C(=O)c1occc1COc1ccccc1. The number of benzene rings is 2. The van der Waals surface area contributed by atoms with E-state index >= 15 is 0 Å². The molecule has 0 saturated carbocycles. The highest BCUT2D eigenvalue weighted by Crippen LogP contribution is 2.31. The lowest BCUT2D eigenvalue weighted by molar-refractivity contribution is 0.0716. The average molecular weight is 393 g/mol. The minimum atomic E-state index is -0.168. The van der Waals surface area contributed by atoms with E-state index in [2.05, 4.69) is 0 Å². The number of carbonyl (C=O) groups is 1. The Bertz CT molecular complexity index is 966. The van der Waals surface area contributed by atoms with Crippen molar-refractivity contribution in [2.24, 2.45) is 0 Å². The van der Waals surface area contributed by atoms with E-state index < -0.39 is 0 Å². The summed E-state index contributed by atoms with van der Waals surface area (Å²) in [6, 6.07) is 17.0. The predicted molar refractivity (Wildman–Crippen MR) is 107 cm³/mol. The molecule has 1 aliphatic heterocycles. The zero-order chi connectivity index (χ0) is 20.1. The summed E-state index contributed by atoms with van der Waals surface area (Å²) < 4.78 is 22.5. The summed E-state index contributed by atoms with van der Waals surface area (Å²) in [6.45, 7) is 4.29. The van der Waals surface area contributed by atoms with Gasteiger partial charge in [0.1, 0.15) is 25.6 Å². The summed E-state index contributed by atoms with van der Waals surface area (Å²) in [5.41, 5.74) is 1.69. The monoisotopic (exact) mass is 393 g/mol. The van der Waals surface area contributed by atoms with E-state index in [1.54, 1.807) is 11.0 Å². The molecule has 0 saturated heterocycles. The summed E-state index contributed by atoms with van der Waals surface area (Å²) in [5, 5.41) is 0. The molecule has 0 radical (unpaired) electrons. The van der Waals surface area contributed by atoms with Crippen LogP contribution in [0.2, 0.25) is 0 Å². The third-order valence-corrected chi connectivity index (χ3v) is 4.73. The van der Waals surface area contributed by atoms with Gasteiger partial charge in [0.05, 0.1) is 6.26 Å². The van der Waals surface area contributed by atoms with Gasteiger partial charge in [-0.3, -0.25) is 4.79 Å². The van der Waals surface area contributed by atoms with Gasteiger partial charge in [0, 0.05) is 18.7 Å². The first-order valence-corrected chi connectivity index (χ1v) is 9.66. The van der Waals surface area contributed by atoms with Crippen LogP contribution in [-0.2, 0) is 13.2 Å². The molecule has 1 aromatic heterocycles. The van der Waals surface area contributed by atoms with Gasteiger partial charge in [0.15, 0.2) is 17.3 Å². The summed E-state index contributed by atoms with van der Waals surface area (Å²) >= 11 is 0. The molecule has 0 atom stereocenters. The van der Waals surface area contributed by atoms with Crippen LogP contribution in [0.4, 0.5) is 0 Å². The molecule has 150 valence electrons. The van der Waals surface area contributed by atoms with Gasteiger partial charge >= 0.3 is 0 Å². The molecule has 0 aliphatic carbocycles. The molecule has 2 aromatic carbocycles. The maximum atomic E-state index is 13.1. The number of hydrogen-bond donors (Lipinski definition) is 0. The predicted octanol–water partition coefficient (Wildman–Crippen LogP) is 4.29. The summed E-state index contributed by atoms with van der Waals surface area (Å²) in [4.78, 5) is 14.8. The fraction of sp³-hybridized carbons (Fsp3) is 0.261. The molecule has 1 amide bonds. The number of carbonyl (C=O) groups excluding carboxylic acids is 1. The number of amides is 1. The maximum Gasteiger partial charge on any atom is 0.290 e. The van der Waals surface area contributed by atoms with Crippen LogP contribution in [0.15, 0.2) is 65.3 Å². The van der Waals surface area contributed by atoms with Crippen LogP contribution in [-0.4, -0.2) is 30.6 Å². The average Bonchev–Trinajstić information content (AvgIpc) is 3.25. The largest absolute Gasteiger partial charge is 0.489 e. The molecule has 4 rings (SSSR count). The van der Waals surface area contributed by atoms with Crippen molar-refractivity contribution in [2.75, 3.05) is 19.8 Å². The van der Waals surface area contributed by atoms with Crippen molar-refractivity contribution in [3.8, 4) is 17.2 Å². The van der Waals surface area contributed by atoms with E-state index in [1.165, 1.54) is 6.26 Å². The fourth-order valence-corrected chi connectivity index (χ4v) is 3.19. The lowest BCUT2D eigenvalue weighted by Crippen LogP contribution is -2.30. The first kappa shape index (κ1) is 18.9. The van der Waals surface area contributed by atoms with E-state index in [0.717, 1.165) is 22.6 Å². The Morgan fingerprint density at radius 2 is 1.83 bits per heavy atom. The first-order valence-electron chi connectivity index (χ1n) is 9.66. The van der Waals surface area contributed by atoms with Crippen molar-refractivity contribution in [3.63, 3.8) is 0 Å². The van der Waals surface area contributed by atoms with Crippen LogP contribution in [0.5, 0.6) is 17.2 Å². The third-order valence-electron chi connectivity index (χ3n) is 4.73. The molecule has 29 heavy (non-hydrogen) atoms. The number of rotatable bonds is 7. The maximum absolute atomic E-state index is 13.1. The molecule has 6 nitrogen and oxygen atoms in total. The molecule has 3 aromatic rings. The normalized spacial score (nSPS) is 12.4. The van der Waals surface area contributed by atoms with Crippen molar-refractivity contribution in [3.05, 3.63) is 77.7 Å². The molecule has 0 fully saturated rings. The number of hydrogen-bond acceptors (Lipinski definition) is 5. The van der Waals surface area contributed by atoms with Gasteiger partial charge in [0.2, 0.25) is 0 Å². The number of ether oxygens (including phenoxy) is 3. The van der Waals surface area contributed by atoms with Crippen LogP contribution in [0.25, 0.3) is 0 Å². The Morgan fingerprint density at radius 1 is 1.03 bits per heavy atom. The second kappa shape index (κ2) is 8.73. The second-order valence-electron chi connectivity index (χ2n) is 6.67. The smallest absolute Gasteiger partial charge is 0.290 e. The Balaban J connectivity index is 1.46. The van der Waals surface area contributed by atoms with Crippen LogP contribution in [0.1, 0.15) is 28.6 Å². The number of para-hydroxylation sites is 1. The molecule has 1 aliphatic rings. The quantitative estimate of drug-likeness (QED) is 0.599. The highest BCUT2D eigenvalue weighted by atomic mass is 16.6. The summed E-state index contributed by atoms with van der Waals surface area (Å²) in [6.07, 6.45) is 1.52.